The minimum atomic E-state index is -0.419. The van der Waals surface area contributed by atoms with Gasteiger partial charge in [0.05, 0.1) is 23.1 Å². The molecule has 0 aliphatic rings. The Morgan fingerprint density at radius 3 is 2.60 bits per heavy atom. The van der Waals surface area contributed by atoms with Crippen LogP contribution in [0.25, 0.3) is 5.69 Å². The SMILES string of the molecule is Fc1ccccc1Oc1cnn(-c2ccccc2Cl)c1. The van der Waals surface area contributed by atoms with Crippen LogP contribution in [0.1, 0.15) is 0 Å². The molecule has 0 fully saturated rings. The Labute approximate surface area is 120 Å². The number of ether oxygens (including phenoxy) is 1. The van der Waals surface area contributed by atoms with Gasteiger partial charge in [0.1, 0.15) is 0 Å². The van der Waals surface area contributed by atoms with Crippen LogP contribution in [0.5, 0.6) is 11.5 Å². The van der Waals surface area contributed by atoms with Crippen molar-refractivity contribution in [3.05, 3.63) is 71.8 Å². The van der Waals surface area contributed by atoms with Crippen molar-refractivity contribution in [3.63, 3.8) is 0 Å². The molecule has 0 bridgehead atoms. The van der Waals surface area contributed by atoms with Crippen molar-refractivity contribution in [3.8, 4) is 17.2 Å². The predicted octanol–water partition coefficient (Wildman–Crippen LogP) is 4.46. The summed E-state index contributed by atoms with van der Waals surface area (Å²) in [5.74, 6) is 0.180. The fraction of sp³-hybridized carbons (Fsp3) is 0. The van der Waals surface area contributed by atoms with E-state index in [0.29, 0.717) is 10.8 Å². The van der Waals surface area contributed by atoms with Crippen molar-refractivity contribution in [2.45, 2.75) is 0 Å². The molecule has 5 heteroatoms. The molecule has 20 heavy (non-hydrogen) atoms. The van der Waals surface area contributed by atoms with Gasteiger partial charge in [-0.3, -0.25) is 0 Å². The number of hydrogen-bond acceptors (Lipinski definition) is 2. The molecule has 1 heterocycles. The Morgan fingerprint density at radius 1 is 1.05 bits per heavy atom. The fourth-order valence-corrected chi connectivity index (χ4v) is 2.01. The van der Waals surface area contributed by atoms with Gasteiger partial charge in [-0.2, -0.15) is 5.10 Å². The van der Waals surface area contributed by atoms with Crippen LogP contribution < -0.4 is 4.74 Å². The number of para-hydroxylation sites is 2. The summed E-state index contributed by atoms with van der Waals surface area (Å²) in [6, 6.07) is 13.5. The first-order valence-corrected chi connectivity index (χ1v) is 6.34. The van der Waals surface area contributed by atoms with E-state index in [4.69, 9.17) is 16.3 Å². The normalized spacial score (nSPS) is 10.5. The molecule has 0 saturated heterocycles. The predicted molar refractivity (Wildman–Crippen MR) is 75.0 cm³/mol. The summed E-state index contributed by atoms with van der Waals surface area (Å²) in [4.78, 5) is 0. The lowest BCUT2D eigenvalue weighted by atomic mass is 10.3. The summed E-state index contributed by atoms with van der Waals surface area (Å²) in [7, 11) is 0. The van der Waals surface area contributed by atoms with E-state index in [1.165, 1.54) is 12.3 Å². The van der Waals surface area contributed by atoms with Crippen LogP contribution in [-0.4, -0.2) is 9.78 Å². The molecule has 0 N–H and O–H groups in total. The zero-order chi connectivity index (χ0) is 13.9. The highest BCUT2D eigenvalue weighted by molar-refractivity contribution is 6.32. The Morgan fingerprint density at radius 2 is 1.80 bits per heavy atom. The molecule has 0 aliphatic heterocycles. The summed E-state index contributed by atoms with van der Waals surface area (Å²) in [6.45, 7) is 0. The van der Waals surface area contributed by atoms with E-state index >= 15 is 0 Å². The Kier molecular flexibility index (Phi) is 3.39. The molecule has 3 aromatic rings. The van der Waals surface area contributed by atoms with E-state index in [1.807, 2.05) is 18.2 Å². The van der Waals surface area contributed by atoms with E-state index < -0.39 is 5.82 Å². The van der Waals surface area contributed by atoms with Gasteiger partial charge in [0.15, 0.2) is 17.3 Å². The fourth-order valence-electron chi connectivity index (χ4n) is 1.78. The summed E-state index contributed by atoms with van der Waals surface area (Å²) < 4.78 is 20.5. The van der Waals surface area contributed by atoms with Gasteiger partial charge < -0.3 is 4.74 Å². The second-order valence-corrected chi connectivity index (χ2v) is 4.51. The topological polar surface area (TPSA) is 27.1 Å². The first-order valence-electron chi connectivity index (χ1n) is 5.96. The first kappa shape index (κ1) is 12.7. The number of rotatable bonds is 3. The molecule has 0 atom stereocenters. The molecule has 0 amide bonds. The van der Waals surface area contributed by atoms with Gasteiger partial charge in [-0.05, 0) is 24.3 Å². The highest BCUT2D eigenvalue weighted by atomic mass is 35.5. The third-order valence-corrected chi connectivity index (χ3v) is 3.04. The zero-order valence-corrected chi connectivity index (χ0v) is 11.1. The van der Waals surface area contributed by atoms with Gasteiger partial charge in [-0.25, -0.2) is 9.07 Å². The number of halogens is 2. The standard InChI is InChI=1S/C15H10ClFN2O/c16-12-5-1-3-7-14(12)19-10-11(9-18-19)20-15-8-4-2-6-13(15)17/h1-10H. The molecule has 1 aromatic heterocycles. The van der Waals surface area contributed by atoms with Crippen LogP contribution in [0.3, 0.4) is 0 Å². The lowest BCUT2D eigenvalue weighted by molar-refractivity contribution is 0.442. The molecule has 0 unspecified atom stereocenters. The smallest absolute Gasteiger partial charge is 0.165 e. The Balaban J connectivity index is 1.88. The quantitative estimate of drug-likeness (QED) is 0.711. The molecule has 0 aliphatic carbocycles. The largest absolute Gasteiger partial charge is 0.451 e. The average Bonchev–Trinajstić information content (AvgIpc) is 2.90. The molecule has 3 rings (SSSR count). The van der Waals surface area contributed by atoms with E-state index in [1.54, 1.807) is 35.1 Å². The van der Waals surface area contributed by atoms with Gasteiger partial charge in [0, 0.05) is 0 Å². The van der Waals surface area contributed by atoms with Crippen LogP contribution in [-0.2, 0) is 0 Å². The molecule has 0 spiro atoms. The van der Waals surface area contributed by atoms with Crippen LogP contribution in [0.15, 0.2) is 60.9 Å². The Hall–Kier alpha value is -2.33. The maximum absolute atomic E-state index is 13.5. The van der Waals surface area contributed by atoms with Crippen LogP contribution in [0.2, 0.25) is 5.02 Å². The van der Waals surface area contributed by atoms with Crippen LogP contribution in [0, 0.1) is 5.82 Å². The lowest BCUT2D eigenvalue weighted by Gasteiger charge is -2.04. The van der Waals surface area contributed by atoms with Crippen molar-refractivity contribution in [2.24, 2.45) is 0 Å². The molecular weight excluding hydrogens is 279 g/mol. The van der Waals surface area contributed by atoms with Gasteiger partial charge in [-0.1, -0.05) is 35.9 Å². The van der Waals surface area contributed by atoms with Crippen molar-refractivity contribution in [1.82, 2.24) is 9.78 Å². The Bertz CT molecular complexity index is 742. The summed E-state index contributed by atoms with van der Waals surface area (Å²) in [5, 5.41) is 4.73. The van der Waals surface area contributed by atoms with Crippen LogP contribution in [0.4, 0.5) is 4.39 Å². The van der Waals surface area contributed by atoms with E-state index in [0.717, 1.165) is 5.69 Å². The summed E-state index contributed by atoms with van der Waals surface area (Å²) >= 11 is 6.09. The highest BCUT2D eigenvalue weighted by Gasteiger charge is 2.08. The first-order chi connectivity index (χ1) is 9.74. The van der Waals surface area contributed by atoms with Gasteiger partial charge in [0.25, 0.3) is 0 Å². The maximum Gasteiger partial charge on any atom is 0.165 e. The van der Waals surface area contributed by atoms with Crippen molar-refractivity contribution in [1.29, 1.82) is 0 Å². The second-order valence-electron chi connectivity index (χ2n) is 4.10. The third kappa shape index (κ3) is 2.51. The van der Waals surface area contributed by atoms with Crippen molar-refractivity contribution < 1.29 is 9.13 Å². The minimum absolute atomic E-state index is 0.159. The number of aromatic nitrogens is 2. The number of benzene rings is 2. The minimum Gasteiger partial charge on any atom is -0.451 e. The van der Waals surface area contributed by atoms with E-state index in [-0.39, 0.29) is 5.75 Å². The summed E-state index contributed by atoms with van der Waals surface area (Å²) in [5.41, 5.74) is 0.734. The van der Waals surface area contributed by atoms with Crippen molar-refractivity contribution in [2.75, 3.05) is 0 Å². The third-order valence-electron chi connectivity index (χ3n) is 2.72. The average molecular weight is 289 g/mol. The van der Waals surface area contributed by atoms with Crippen molar-refractivity contribution >= 4 is 11.6 Å². The molecule has 0 radical (unpaired) electrons. The number of hydrogen-bond donors (Lipinski definition) is 0. The molecule has 100 valence electrons. The molecular formula is C15H10ClFN2O. The van der Waals surface area contributed by atoms with Gasteiger partial charge in [-0.15, -0.1) is 0 Å². The van der Waals surface area contributed by atoms with E-state index in [9.17, 15) is 4.39 Å². The monoisotopic (exact) mass is 288 g/mol. The van der Waals surface area contributed by atoms with Crippen LogP contribution >= 0.6 is 11.6 Å². The van der Waals surface area contributed by atoms with E-state index in [2.05, 4.69) is 5.10 Å². The molecule has 3 nitrogen and oxygen atoms in total. The lowest BCUT2D eigenvalue weighted by Crippen LogP contribution is -1.94. The highest BCUT2D eigenvalue weighted by Crippen LogP contribution is 2.26. The van der Waals surface area contributed by atoms with Gasteiger partial charge >= 0.3 is 0 Å². The molecule has 2 aromatic carbocycles. The molecule has 0 saturated carbocycles. The zero-order valence-electron chi connectivity index (χ0n) is 10.3. The second kappa shape index (κ2) is 5.35. The number of nitrogens with zero attached hydrogens (tertiary/aromatic N) is 2. The maximum atomic E-state index is 13.5. The van der Waals surface area contributed by atoms with Gasteiger partial charge in [0.2, 0.25) is 0 Å². The summed E-state index contributed by atoms with van der Waals surface area (Å²) in [6.07, 6.45) is 3.16.